The fourth-order valence-electron chi connectivity index (χ4n) is 8.83. The van der Waals surface area contributed by atoms with Gasteiger partial charge in [0.15, 0.2) is 23.3 Å². The Bertz CT molecular complexity index is 1870. The topological polar surface area (TPSA) is 186 Å². The van der Waals surface area contributed by atoms with E-state index in [1.54, 1.807) is 9.80 Å². The zero-order valence-corrected chi connectivity index (χ0v) is 32.7. The van der Waals surface area contributed by atoms with Crippen LogP contribution in [0.4, 0.5) is 17.6 Å². The van der Waals surface area contributed by atoms with Crippen molar-refractivity contribution in [3.8, 4) is 11.5 Å². The molecule has 8 atom stereocenters. The lowest BCUT2D eigenvalue weighted by atomic mass is 9.98. The number of ether oxygens (including phenoxy) is 2. The highest BCUT2D eigenvalue weighted by atomic mass is 32.2. The van der Waals surface area contributed by atoms with Crippen LogP contribution in [0, 0.1) is 35.1 Å². The minimum atomic E-state index is -3.63. The van der Waals surface area contributed by atoms with Crippen LogP contribution >= 0.6 is 0 Å². The Morgan fingerprint density at radius 3 is 1.39 bits per heavy atom. The van der Waals surface area contributed by atoms with Crippen LogP contribution in [-0.4, -0.2) is 135 Å². The summed E-state index contributed by atoms with van der Waals surface area (Å²) in [6.07, 6.45) is 4.42. The van der Waals surface area contributed by atoms with E-state index < -0.39 is 91.4 Å². The number of halogens is 4. The SMILES string of the molecule is CS(=O)(=O)N1CC(COc2ccc(F)c(F)c2)C2C1CCN2C(=O)C(N)CCCCC(N)C(=O)N1CCC2C1C(COc1ccc(F)c(F)c1)CN2S(C)(=O)=O. The van der Waals surface area contributed by atoms with Gasteiger partial charge in [0.1, 0.15) is 11.5 Å². The quantitative estimate of drug-likeness (QED) is 0.198. The molecule has 6 rings (SSSR count). The van der Waals surface area contributed by atoms with E-state index >= 15 is 0 Å². The number of hydrogen-bond acceptors (Lipinski definition) is 10. The Hall–Kier alpha value is -3.56. The van der Waals surface area contributed by atoms with Crippen molar-refractivity contribution in [2.75, 3.05) is 51.9 Å². The standard InChI is InChI=1S/C36H48F4N6O8S2/c1-55(49,50)45-17-21(19-53-23-7-9-25(37)27(39)15-23)33-31(45)11-13-43(33)35(47)29(41)5-3-4-6-30(42)36(48)44-14-12-32-34(44)22(18-46(32)56(2,51)52)20-54-24-8-10-26(38)28(40)16-24/h7-10,15-16,21-22,29-34H,3-6,11-14,17-20,41-42H2,1-2H3. The molecule has 56 heavy (non-hydrogen) atoms. The average molecular weight is 833 g/mol. The second-order valence-corrected chi connectivity index (χ2v) is 19.1. The molecule has 20 heteroatoms. The summed E-state index contributed by atoms with van der Waals surface area (Å²) in [5, 5.41) is 0. The molecular formula is C36H48F4N6O8S2. The number of sulfonamides is 2. The molecule has 0 aromatic heterocycles. The summed E-state index contributed by atoms with van der Waals surface area (Å²) >= 11 is 0. The lowest BCUT2D eigenvalue weighted by Crippen LogP contribution is -2.50. The Morgan fingerprint density at radius 2 is 1.05 bits per heavy atom. The van der Waals surface area contributed by atoms with Gasteiger partial charge in [0.2, 0.25) is 31.9 Å². The normalized spacial score (nSPS) is 26.6. The van der Waals surface area contributed by atoms with E-state index in [2.05, 4.69) is 0 Å². The highest BCUT2D eigenvalue weighted by molar-refractivity contribution is 7.88. The number of unbranched alkanes of at least 4 members (excludes halogenated alkanes) is 1. The van der Waals surface area contributed by atoms with Gasteiger partial charge >= 0.3 is 0 Å². The summed E-state index contributed by atoms with van der Waals surface area (Å²) in [6, 6.07) is 2.30. The average Bonchev–Trinajstić information content (AvgIpc) is 3.91. The van der Waals surface area contributed by atoms with Crippen molar-refractivity contribution in [3.63, 3.8) is 0 Å². The number of amides is 2. The molecule has 2 aromatic carbocycles. The number of carbonyl (C=O) groups is 2. The molecule has 0 aliphatic carbocycles. The van der Waals surface area contributed by atoms with Crippen LogP contribution < -0.4 is 20.9 Å². The smallest absolute Gasteiger partial charge is 0.239 e. The number of nitrogens with zero attached hydrogens (tertiary/aromatic N) is 4. The Kier molecular flexibility index (Phi) is 12.6. The first-order valence-electron chi connectivity index (χ1n) is 18.6. The number of likely N-dealkylation sites (tertiary alicyclic amines) is 2. The third-order valence-corrected chi connectivity index (χ3v) is 14.0. The predicted molar refractivity (Wildman–Crippen MR) is 196 cm³/mol. The van der Waals surface area contributed by atoms with Gasteiger partial charge in [0, 0.05) is 62.2 Å². The lowest BCUT2D eigenvalue weighted by Gasteiger charge is -2.31. The van der Waals surface area contributed by atoms with E-state index in [0.29, 0.717) is 25.7 Å². The van der Waals surface area contributed by atoms with Crippen molar-refractivity contribution in [1.29, 1.82) is 0 Å². The van der Waals surface area contributed by atoms with Gasteiger partial charge < -0.3 is 30.7 Å². The first-order chi connectivity index (χ1) is 26.3. The van der Waals surface area contributed by atoms with Gasteiger partial charge in [0.25, 0.3) is 0 Å². The summed E-state index contributed by atoms with van der Waals surface area (Å²) in [5.74, 6) is -5.74. The molecule has 0 bridgehead atoms. The third kappa shape index (κ3) is 8.94. The van der Waals surface area contributed by atoms with E-state index in [1.807, 2.05) is 0 Å². The predicted octanol–water partition coefficient (Wildman–Crippen LogP) is 1.64. The van der Waals surface area contributed by atoms with E-state index in [9.17, 15) is 44.0 Å². The van der Waals surface area contributed by atoms with Crippen molar-refractivity contribution in [1.82, 2.24) is 18.4 Å². The first kappa shape index (κ1) is 42.1. The molecule has 4 N–H and O–H groups in total. The maximum absolute atomic E-state index is 13.8. The second-order valence-electron chi connectivity index (χ2n) is 15.2. The van der Waals surface area contributed by atoms with Gasteiger partial charge in [-0.25, -0.2) is 34.4 Å². The zero-order chi connectivity index (χ0) is 40.7. The van der Waals surface area contributed by atoms with Crippen LogP contribution in [-0.2, 0) is 29.6 Å². The zero-order valence-electron chi connectivity index (χ0n) is 31.1. The van der Waals surface area contributed by atoms with Crippen molar-refractivity contribution < 1.29 is 53.5 Å². The minimum Gasteiger partial charge on any atom is -0.493 e. The molecule has 4 fully saturated rings. The van der Waals surface area contributed by atoms with Crippen molar-refractivity contribution in [2.24, 2.45) is 23.3 Å². The van der Waals surface area contributed by atoms with Crippen molar-refractivity contribution in [2.45, 2.75) is 74.8 Å². The van der Waals surface area contributed by atoms with Crippen LogP contribution in [0.2, 0.25) is 0 Å². The molecule has 2 aromatic rings. The third-order valence-electron chi connectivity index (χ3n) is 11.4. The monoisotopic (exact) mass is 832 g/mol. The molecule has 14 nitrogen and oxygen atoms in total. The molecule has 4 aliphatic heterocycles. The van der Waals surface area contributed by atoms with Crippen LogP contribution in [0.3, 0.4) is 0 Å². The molecule has 4 aliphatic rings. The van der Waals surface area contributed by atoms with E-state index in [4.69, 9.17) is 20.9 Å². The number of rotatable bonds is 15. The fourth-order valence-corrected chi connectivity index (χ4v) is 11.2. The largest absolute Gasteiger partial charge is 0.493 e. The lowest BCUT2D eigenvalue weighted by molar-refractivity contribution is -0.135. The van der Waals surface area contributed by atoms with E-state index in [0.717, 1.165) is 36.8 Å². The van der Waals surface area contributed by atoms with Crippen LogP contribution in [0.1, 0.15) is 38.5 Å². The van der Waals surface area contributed by atoms with Gasteiger partial charge in [-0.15, -0.1) is 0 Å². The molecule has 0 radical (unpaired) electrons. The summed E-state index contributed by atoms with van der Waals surface area (Å²) in [5.41, 5.74) is 12.8. The van der Waals surface area contributed by atoms with Gasteiger partial charge in [-0.05, 0) is 49.9 Å². The summed E-state index contributed by atoms with van der Waals surface area (Å²) in [4.78, 5) is 30.6. The molecule has 8 unspecified atom stereocenters. The molecule has 0 spiro atoms. The number of hydrogen-bond donors (Lipinski definition) is 2. The summed E-state index contributed by atoms with van der Waals surface area (Å²) < 4.78 is 119. The fraction of sp³-hybridized carbons (Fsp3) is 0.611. The van der Waals surface area contributed by atoms with E-state index in [1.165, 1.54) is 20.7 Å². The van der Waals surface area contributed by atoms with Gasteiger partial charge in [-0.3, -0.25) is 9.59 Å². The first-order valence-corrected chi connectivity index (χ1v) is 22.3. The molecule has 2 amide bonds. The minimum absolute atomic E-state index is 0.0455. The van der Waals surface area contributed by atoms with Crippen LogP contribution in [0.5, 0.6) is 11.5 Å². The highest BCUT2D eigenvalue weighted by Crippen LogP contribution is 2.39. The molecule has 4 saturated heterocycles. The molecule has 0 saturated carbocycles. The number of carbonyl (C=O) groups excluding carboxylic acids is 2. The Morgan fingerprint density at radius 1 is 0.679 bits per heavy atom. The van der Waals surface area contributed by atoms with Gasteiger partial charge in [0.05, 0.1) is 49.9 Å². The second kappa shape index (κ2) is 16.7. The molecule has 310 valence electrons. The Balaban J connectivity index is 1.02. The van der Waals surface area contributed by atoms with Gasteiger partial charge in [-0.1, -0.05) is 12.8 Å². The highest BCUT2D eigenvalue weighted by Gasteiger charge is 2.55. The molecule has 4 heterocycles. The number of nitrogens with two attached hydrogens (primary N) is 2. The van der Waals surface area contributed by atoms with Crippen LogP contribution in [0.25, 0.3) is 0 Å². The molecular weight excluding hydrogens is 785 g/mol. The number of fused-ring (bicyclic) bond motifs is 2. The van der Waals surface area contributed by atoms with Crippen molar-refractivity contribution in [3.05, 3.63) is 59.7 Å². The van der Waals surface area contributed by atoms with E-state index in [-0.39, 0.29) is 75.5 Å². The van der Waals surface area contributed by atoms with Crippen molar-refractivity contribution >= 4 is 31.9 Å². The van der Waals surface area contributed by atoms with Gasteiger partial charge in [-0.2, -0.15) is 8.61 Å². The summed E-state index contributed by atoms with van der Waals surface area (Å²) in [7, 11) is -7.26. The Labute approximate surface area is 324 Å². The van der Waals surface area contributed by atoms with Crippen LogP contribution in [0.15, 0.2) is 36.4 Å². The summed E-state index contributed by atoms with van der Waals surface area (Å²) in [6.45, 7) is 0.616. The number of benzene rings is 2. The maximum Gasteiger partial charge on any atom is 0.239 e. The maximum atomic E-state index is 13.8.